The summed E-state index contributed by atoms with van der Waals surface area (Å²) in [5.41, 5.74) is 1.26. The third kappa shape index (κ3) is 4.11. The van der Waals surface area contributed by atoms with Crippen molar-refractivity contribution in [2.45, 2.75) is 19.9 Å². The van der Waals surface area contributed by atoms with Crippen molar-refractivity contribution in [2.75, 3.05) is 18.1 Å². The fourth-order valence-electron chi connectivity index (χ4n) is 1.24. The van der Waals surface area contributed by atoms with Crippen LogP contribution in [0.3, 0.4) is 0 Å². The Morgan fingerprint density at radius 2 is 2.43 bits per heavy atom. The van der Waals surface area contributed by atoms with Crippen LogP contribution in [-0.4, -0.2) is 23.0 Å². The molecule has 2 nitrogen and oxygen atoms in total. The van der Waals surface area contributed by atoms with E-state index < -0.39 is 0 Å². The molecule has 1 aromatic rings. The molecule has 1 atom stereocenters. The molecule has 1 N–H and O–H groups in total. The molecule has 0 unspecified atom stereocenters. The summed E-state index contributed by atoms with van der Waals surface area (Å²) in [7, 11) is 0. The van der Waals surface area contributed by atoms with Gasteiger partial charge in [0.25, 0.3) is 0 Å². The molecule has 0 aliphatic rings. The molecule has 0 aliphatic heterocycles. The van der Waals surface area contributed by atoms with Gasteiger partial charge in [0.1, 0.15) is 0 Å². The van der Waals surface area contributed by atoms with Crippen molar-refractivity contribution in [3.05, 3.63) is 30.1 Å². The predicted octanol–water partition coefficient (Wildman–Crippen LogP) is 2.49. The van der Waals surface area contributed by atoms with E-state index in [1.165, 1.54) is 17.1 Å². The van der Waals surface area contributed by atoms with Gasteiger partial charge in [0.15, 0.2) is 0 Å². The summed E-state index contributed by atoms with van der Waals surface area (Å²) in [4.78, 5) is 4.10. The molecule has 0 fully saturated rings. The van der Waals surface area contributed by atoms with Crippen molar-refractivity contribution >= 4 is 11.8 Å². The molecule has 0 saturated heterocycles. The quantitative estimate of drug-likeness (QED) is 0.730. The molecule has 0 bridgehead atoms. The topological polar surface area (TPSA) is 24.9 Å². The van der Waals surface area contributed by atoms with E-state index in [-0.39, 0.29) is 0 Å². The highest BCUT2D eigenvalue weighted by Gasteiger charge is 2.02. The summed E-state index contributed by atoms with van der Waals surface area (Å²) in [5, 5.41) is 3.47. The molecule has 1 aromatic heterocycles. The van der Waals surface area contributed by atoms with Crippen LogP contribution >= 0.6 is 11.8 Å². The van der Waals surface area contributed by atoms with Gasteiger partial charge in [-0.25, -0.2) is 0 Å². The molecule has 0 amide bonds. The summed E-state index contributed by atoms with van der Waals surface area (Å²) in [6.07, 6.45) is 3.73. The molecule has 0 spiro atoms. The second-order valence-electron chi connectivity index (χ2n) is 3.16. The minimum Gasteiger partial charge on any atom is -0.309 e. The van der Waals surface area contributed by atoms with Crippen LogP contribution in [-0.2, 0) is 0 Å². The van der Waals surface area contributed by atoms with Crippen molar-refractivity contribution in [3.63, 3.8) is 0 Å². The first kappa shape index (κ1) is 11.5. The van der Waals surface area contributed by atoms with Crippen molar-refractivity contribution in [1.29, 1.82) is 0 Å². The van der Waals surface area contributed by atoms with Gasteiger partial charge in [-0.1, -0.05) is 13.0 Å². The molecule has 1 rings (SSSR count). The fourth-order valence-corrected chi connectivity index (χ4v) is 1.79. The standard InChI is InChI=1S/C11H18N2S/c1-3-14-8-7-13-10(2)11-5-4-6-12-9-11/h4-6,9-10,13H,3,7-8H2,1-2H3/t10-/m1/s1. The SMILES string of the molecule is CCSCCN[C@H](C)c1cccnc1. The van der Waals surface area contributed by atoms with Crippen molar-refractivity contribution < 1.29 is 0 Å². The Hall–Kier alpha value is -0.540. The summed E-state index contributed by atoms with van der Waals surface area (Å²) in [5.74, 6) is 2.38. The smallest absolute Gasteiger partial charge is 0.0315 e. The Kier molecular flexibility index (Phi) is 5.64. The summed E-state index contributed by atoms with van der Waals surface area (Å²) < 4.78 is 0. The minimum absolute atomic E-state index is 0.404. The molecule has 0 aliphatic carbocycles. The zero-order valence-corrected chi connectivity index (χ0v) is 9.68. The third-order valence-electron chi connectivity index (χ3n) is 2.09. The first-order valence-corrected chi connectivity index (χ1v) is 6.21. The molecular formula is C11H18N2S. The Balaban J connectivity index is 2.25. The zero-order valence-electron chi connectivity index (χ0n) is 8.86. The van der Waals surface area contributed by atoms with Gasteiger partial charge in [0.05, 0.1) is 0 Å². The Morgan fingerprint density at radius 1 is 1.57 bits per heavy atom. The van der Waals surface area contributed by atoms with Crippen LogP contribution in [0.25, 0.3) is 0 Å². The van der Waals surface area contributed by atoms with Crippen LogP contribution in [0, 0.1) is 0 Å². The van der Waals surface area contributed by atoms with E-state index in [1.54, 1.807) is 0 Å². The monoisotopic (exact) mass is 210 g/mol. The highest BCUT2D eigenvalue weighted by Crippen LogP contribution is 2.09. The lowest BCUT2D eigenvalue weighted by molar-refractivity contribution is 0.599. The number of pyridine rings is 1. The largest absolute Gasteiger partial charge is 0.309 e. The van der Waals surface area contributed by atoms with Gasteiger partial charge in [-0.2, -0.15) is 11.8 Å². The van der Waals surface area contributed by atoms with E-state index in [0.717, 1.165) is 6.54 Å². The lowest BCUT2D eigenvalue weighted by atomic mass is 10.1. The average Bonchev–Trinajstić information content (AvgIpc) is 2.25. The zero-order chi connectivity index (χ0) is 10.2. The first-order valence-electron chi connectivity index (χ1n) is 5.05. The van der Waals surface area contributed by atoms with Gasteiger partial charge >= 0.3 is 0 Å². The lowest BCUT2D eigenvalue weighted by Gasteiger charge is -2.13. The number of nitrogens with one attached hydrogen (secondary N) is 1. The van der Waals surface area contributed by atoms with Gasteiger partial charge < -0.3 is 5.32 Å². The highest BCUT2D eigenvalue weighted by molar-refractivity contribution is 7.99. The second-order valence-corrected chi connectivity index (χ2v) is 4.55. The van der Waals surface area contributed by atoms with Gasteiger partial charge in [-0.3, -0.25) is 4.98 Å². The van der Waals surface area contributed by atoms with Gasteiger partial charge in [-0.15, -0.1) is 0 Å². The van der Waals surface area contributed by atoms with Gasteiger partial charge in [0, 0.05) is 30.7 Å². The van der Waals surface area contributed by atoms with Gasteiger partial charge in [-0.05, 0) is 24.3 Å². The van der Waals surface area contributed by atoms with E-state index in [4.69, 9.17) is 0 Å². The molecule has 14 heavy (non-hydrogen) atoms. The van der Waals surface area contributed by atoms with Crippen LogP contribution < -0.4 is 5.32 Å². The number of nitrogens with zero attached hydrogens (tertiary/aromatic N) is 1. The van der Waals surface area contributed by atoms with Crippen molar-refractivity contribution in [1.82, 2.24) is 10.3 Å². The number of rotatable bonds is 6. The normalized spacial score (nSPS) is 12.7. The minimum atomic E-state index is 0.404. The first-order chi connectivity index (χ1) is 6.84. The van der Waals surface area contributed by atoms with Gasteiger partial charge in [0.2, 0.25) is 0 Å². The number of hydrogen-bond donors (Lipinski definition) is 1. The van der Waals surface area contributed by atoms with E-state index in [9.17, 15) is 0 Å². The maximum Gasteiger partial charge on any atom is 0.0315 e. The Morgan fingerprint density at radius 3 is 3.07 bits per heavy atom. The average molecular weight is 210 g/mol. The molecule has 0 radical (unpaired) electrons. The highest BCUT2D eigenvalue weighted by atomic mass is 32.2. The third-order valence-corrected chi connectivity index (χ3v) is 2.99. The molecule has 0 aromatic carbocycles. The maximum atomic E-state index is 4.10. The fraction of sp³-hybridized carbons (Fsp3) is 0.545. The van der Waals surface area contributed by atoms with Crippen LogP contribution in [0.5, 0.6) is 0 Å². The maximum absolute atomic E-state index is 4.10. The molecular weight excluding hydrogens is 192 g/mol. The molecule has 1 heterocycles. The van der Waals surface area contributed by atoms with E-state index in [2.05, 4.69) is 30.2 Å². The van der Waals surface area contributed by atoms with Crippen LogP contribution in [0.15, 0.2) is 24.5 Å². The summed E-state index contributed by atoms with van der Waals surface area (Å²) in [6.45, 7) is 5.43. The number of thioether (sulfide) groups is 1. The summed E-state index contributed by atoms with van der Waals surface area (Å²) in [6, 6.07) is 4.49. The van der Waals surface area contributed by atoms with Crippen molar-refractivity contribution in [2.24, 2.45) is 0 Å². The Labute approximate surface area is 90.5 Å². The second kappa shape index (κ2) is 6.85. The summed E-state index contributed by atoms with van der Waals surface area (Å²) >= 11 is 1.97. The molecule has 78 valence electrons. The van der Waals surface area contributed by atoms with Crippen LogP contribution in [0.4, 0.5) is 0 Å². The van der Waals surface area contributed by atoms with E-state index >= 15 is 0 Å². The number of hydrogen-bond acceptors (Lipinski definition) is 3. The predicted molar refractivity (Wildman–Crippen MR) is 63.7 cm³/mol. The molecule has 3 heteroatoms. The van der Waals surface area contributed by atoms with Crippen molar-refractivity contribution in [3.8, 4) is 0 Å². The Bertz CT molecular complexity index is 238. The van der Waals surface area contributed by atoms with Crippen LogP contribution in [0.2, 0.25) is 0 Å². The lowest BCUT2D eigenvalue weighted by Crippen LogP contribution is -2.21. The van der Waals surface area contributed by atoms with E-state index in [1.807, 2.05) is 30.2 Å². The van der Waals surface area contributed by atoms with E-state index in [0.29, 0.717) is 6.04 Å². The molecule has 0 saturated carbocycles. The van der Waals surface area contributed by atoms with Crippen LogP contribution in [0.1, 0.15) is 25.5 Å². The number of aromatic nitrogens is 1.